The van der Waals surface area contributed by atoms with Crippen molar-refractivity contribution in [2.75, 3.05) is 19.7 Å². The lowest BCUT2D eigenvalue weighted by molar-refractivity contribution is 0.0758. The smallest absolute Gasteiger partial charge is 0.272 e. The van der Waals surface area contributed by atoms with Crippen LogP contribution < -0.4 is 4.74 Å². The number of ether oxygens (including phenoxy) is 1. The number of halogens is 2. The normalized spacial score (nSPS) is 18.9. The Kier molecular flexibility index (Phi) is 4.26. The first-order valence-electron chi connectivity index (χ1n) is 5.90. The maximum atomic E-state index is 12.1. The van der Waals surface area contributed by atoms with E-state index in [1.165, 1.54) is 23.2 Å². The molecule has 0 bridgehead atoms. The lowest BCUT2D eigenvalue weighted by Gasteiger charge is -2.15. The molecule has 0 saturated carbocycles. The van der Waals surface area contributed by atoms with Crippen LogP contribution in [0.15, 0.2) is 18.3 Å². The number of aliphatic hydroxyl groups excluding tert-OH is 1. The first kappa shape index (κ1) is 13.7. The fourth-order valence-electron chi connectivity index (χ4n) is 1.88. The molecule has 0 aromatic carbocycles. The summed E-state index contributed by atoms with van der Waals surface area (Å²) < 4.78 is 28.8. The zero-order valence-corrected chi connectivity index (χ0v) is 10.1. The number of β-amino-alcohol motifs (C(OH)–C–C–N with tert-alkyl or cyclic N) is 1. The van der Waals surface area contributed by atoms with Gasteiger partial charge in [-0.05, 0) is 12.5 Å². The summed E-state index contributed by atoms with van der Waals surface area (Å²) in [5.41, 5.74) is 0.313. The molecule has 2 heterocycles. The van der Waals surface area contributed by atoms with Crippen LogP contribution in [0.2, 0.25) is 0 Å². The molecule has 1 N–H and O–H groups in total. The number of hydrogen-bond acceptors (Lipinski definition) is 4. The van der Waals surface area contributed by atoms with Gasteiger partial charge in [0.05, 0.1) is 6.10 Å². The molecule has 1 aliphatic heterocycles. The summed E-state index contributed by atoms with van der Waals surface area (Å²) in [5, 5.41) is 9.38. The number of nitrogens with zero attached hydrogens (tertiary/aromatic N) is 2. The summed E-state index contributed by atoms with van der Waals surface area (Å²) in [4.78, 5) is 17.3. The molecule has 1 atom stereocenters. The lowest BCUT2D eigenvalue weighted by Crippen LogP contribution is -2.29. The second-order valence-electron chi connectivity index (χ2n) is 4.28. The quantitative estimate of drug-likeness (QED) is 0.885. The predicted molar refractivity (Wildman–Crippen MR) is 62.3 cm³/mol. The molecule has 1 aromatic rings. The SMILES string of the molecule is O=C(c1ccnc(OCC(F)F)c1)N1CC[C@@H](O)C1. The topological polar surface area (TPSA) is 62.7 Å². The van der Waals surface area contributed by atoms with Crippen LogP contribution in [0.3, 0.4) is 0 Å². The van der Waals surface area contributed by atoms with E-state index < -0.39 is 19.1 Å². The third-order valence-electron chi connectivity index (χ3n) is 2.79. The Morgan fingerprint density at radius 3 is 3.05 bits per heavy atom. The summed E-state index contributed by atoms with van der Waals surface area (Å²) in [5.74, 6) is -0.272. The van der Waals surface area contributed by atoms with Crippen molar-refractivity contribution in [3.8, 4) is 5.88 Å². The van der Waals surface area contributed by atoms with Crippen LogP contribution in [0.5, 0.6) is 5.88 Å². The van der Waals surface area contributed by atoms with Gasteiger partial charge in [-0.1, -0.05) is 0 Å². The number of aromatic nitrogens is 1. The van der Waals surface area contributed by atoms with E-state index >= 15 is 0 Å². The van der Waals surface area contributed by atoms with E-state index in [-0.39, 0.29) is 18.3 Å². The van der Waals surface area contributed by atoms with Crippen LogP contribution in [-0.2, 0) is 0 Å². The van der Waals surface area contributed by atoms with Crippen molar-refractivity contribution in [3.63, 3.8) is 0 Å². The van der Waals surface area contributed by atoms with Crippen LogP contribution >= 0.6 is 0 Å². The highest BCUT2D eigenvalue weighted by Gasteiger charge is 2.25. The van der Waals surface area contributed by atoms with Gasteiger partial charge in [-0.15, -0.1) is 0 Å². The zero-order valence-electron chi connectivity index (χ0n) is 10.1. The molecule has 1 fully saturated rings. The lowest BCUT2D eigenvalue weighted by atomic mass is 10.2. The van der Waals surface area contributed by atoms with Gasteiger partial charge >= 0.3 is 0 Å². The second-order valence-corrected chi connectivity index (χ2v) is 4.28. The van der Waals surface area contributed by atoms with Crippen molar-refractivity contribution in [3.05, 3.63) is 23.9 Å². The van der Waals surface area contributed by atoms with E-state index in [1.807, 2.05) is 0 Å². The summed E-state index contributed by atoms with van der Waals surface area (Å²) in [6, 6.07) is 2.82. The monoisotopic (exact) mass is 272 g/mol. The van der Waals surface area contributed by atoms with Gasteiger partial charge in [0.15, 0.2) is 6.61 Å². The Morgan fingerprint density at radius 1 is 1.63 bits per heavy atom. The van der Waals surface area contributed by atoms with E-state index in [0.29, 0.717) is 18.5 Å². The molecule has 0 unspecified atom stereocenters. The van der Waals surface area contributed by atoms with Crippen molar-refractivity contribution in [2.24, 2.45) is 0 Å². The Labute approximate surface area is 108 Å². The molecule has 19 heavy (non-hydrogen) atoms. The fourth-order valence-corrected chi connectivity index (χ4v) is 1.88. The van der Waals surface area contributed by atoms with Crippen molar-refractivity contribution in [1.82, 2.24) is 9.88 Å². The average molecular weight is 272 g/mol. The molecule has 104 valence electrons. The highest BCUT2D eigenvalue weighted by atomic mass is 19.3. The average Bonchev–Trinajstić information content (AvgIpc) is 2.82. The molecule has 2 rings (SSSR count). The minimum absolute atomic E-state index is 0.00843. The number of carbonyl (C=O) groups is 1. The van der Waals surface area contributed by atoms with E-state index in [4.69, 9.17) is 4.74 Å². The van der Waals surface area contributed by atoms with Crippen molar-refractivity contribution >= 4 is 5.91 Å². The van der Waals surface area contributed by atoms with Crippen molar-refractivity contribution < 1.29 is 23.4 Å². The third kappa shape index (κ3) is 3.60. The number of alkyl halides is 2. The fraction of sp³-hybridized carbons (Fsp3) is 0.500. The Morgan fingerprint density at radius 2 is 2.42 bits per heavy atom. The van der Waals surface area contributed by atoms with Crippen molar-refractivity contribution in [1.29, 1.82) is 0 Å². The first-order chi connectivity index (χ1) is 9.06. The minimum atomic E-state index is -2.59. The highest BCUT2D eigenvalue weighted by Crippen LogP contribution is 2.16. The van der Waals surface area contributed by atoms with Gasteiger partial charge in [0, 0.05) is 30.9 Å². The number of hydrogen-bond donors (Lipinski definition) is 1. The molecular formula is C12H14F2N2O3. The van der Waals surface area contributed by atoms with Crippen molar-refractivity contribution in [2.45, 2.75) is 19.0 Å². The van der Waals surface area contributed by atoms with Gasteiger partial charge in [0.1, 0.15) is 0 Å². The van der Waals surface area contributed by atoms with Gasteiger partial charge in [0.25, 0.3) is 12.3 Å². The van der Waals surface area contributed by atoms with Crippen LogP contribution in [0.25, 0.3) is 0 Å². The number of aliphatic hydroxyl groups is 1. The number of pyridine rings is 1. The standard InChI is InChI=1S/C12H14F2N2O3/c13-10(14)7-19-11-5-8(1-3-15-11)12(18)16-4-2-9(17)6-16/h1,3,5,9-10,17H,2,4,6-7H2/t9-/m1/s1. The van der Waals surface area contributed by atoms with Crippen LogP contribution in [0.1, 0.15) is 16.8 Å². The third-order valence-corrected chi connectivity index (χ3v) is 2.79. The van der Waals surface area contributed by atoms with E-state index in [9.17, 15) is 18.7 Å². The number of rotatable bonds is 4. The molecule has 0 spiro atoms. The number of amides is 1. The summed E-state index contributed by atoms with van der Waals surface area (Å²) in [6.45, 7) is 0.0109. The Hall–Kier alpha value is -1.76. The minimum Gasteiger partial charge on any atom is -0.472 e. The zero-order chi connectivity index (χ0) is 13.8. The predicted octanol–water partition coefficient (Wildman–Crippen LogP) is 0.932. The Balaban J connectivity index is 2.03. The van der Waals surface area contributed by atoms with Gasteiger partial charge in [-0.25, -0.2) is 13.8 Å². The molecule has 1 amide bonds. The molecule has 5 nitrogen and oxygen atoms in total. The molecular weight excluding hydrogens is 258 g/mol. The highest BCUT2D eigenvalue weighted by molar-refractivity contribution is 5.94. The van der Waals surface area contributed by atoms with Crippen LogP contribution in [0.4, 0.5) is 8.78 Å². The van der Waals surface area contributed by atoms with Gasteiger partial charge in [-0.3, -0.25) is 4.79 Å². The van der Waals surface area contributed by atoms with E-state index in [2.05, 4.69) is 4.98 Å². The first-order valence-corrected chi connectivity index (χ1v) is 5.90. The molecule has 1 saturated heterocycles. The second kappa shape index (κ2) is 5.92. The van der Waals surface area contributed by atoms with E-state index in [1.54, 1.807) is 0 Å². The number of carbonyl (C=O) groups excluding carboxylic acids is 1. The molecule has 7 heteroatoms. The summed E-state index contributed by atoms with van der Waals surface area (Å²) >= 11 is 0. The molecule has 0 radical (unpaired) electrons. The molecule has 1 aliphatic rings. The van der Waals surface area contributed by atoms with Crippen LogP contribution in [-0.4, -0.2) is 53.1 Å². The largest absolute Gasteiger partial charge is 0.472 e. The van der Waals surface area contributed by atoms with Gasteiger partial charge in [0.2, 0.25) is 5.88 Å². The molecule has 0 aliphatic carbocycles. The van der Waals surface area contributed by atoms with Crippen LogP contribution in [0, 0.1) is 0 Å². The van der Waals surface area contributed by atoms with Gasteiger partial charge in [-0.2, -0.15) is 0 Å². The molecule has 1 aromatic heterocycles. The van der Waals surface area contributed by atoms with Gasteiger partial charge < -0.3 is 14.7 Å². The Bertz CT molecular complexity index is 456. The number of likely N-dealkylation sites (tertiary alicyclic amines) is 1. The van der Waals surface area contributed by atoms with E-state index in [0.717, 1.165) is 0 Å². The maximum absolute atomic E-state index is 12.1. The summed E-state index contributed by atoms with van der Waals surface area (Å²) in [7, 11) is 0. The summed E-state index contributed by atoms with van der Waals surface area (Å²) in [6.07, 6.45) is -1.21. The maximum Gasteiger partial charge on any atom is 0.272 e.